The van der Waals surface area contributed by atoms with Gasteiger partial charge in [0.05, 0.1) is 24.1 Å². The molecular formula is C25H31N3O3S. The number of hydrogen-bond acceptors (Lipinski definition) is 4. The van der Waals surface area contributed by atoms with Crippen LogP contribution in [0.15, 0.2) is 30.5 Å². The predicted octanol–water partition coefficient (Wildman–Crippen LogP) is 3.20. The zero-order chi connectivity index (χ0) is 22.0. The second-order valence-electron chi connectivity index (χ2n) is 10.1. The first-order valence-electron chi connectivity index (χ1n) is 12.0. The van der Waals surface area contributed by atoms with E-state index in [9.17, 15) is 9.90 Å². The van der Waals surface area contributed by atoms with Crippen LogP contribution in [0.5, 0.6) is 0 Å². The SMILES string of the molecule is Cn1cc(CN2C(=S)N(CC3CCCCC3)C3C4CC(O)C(OC4=O)C32)c2ccccc21. The lowest BCUT2D eigenvalue weighted by atomic mass is 9.74. The van der Waals surface area contributed by atoms with Crippen LogP contribution in [0.25, 0.3) is 10.9 Å². The fraction of sp³-hybridized carbons (Fsp3) is 0.600. The number of ether oxygens (including phenoxy) is 1. The van der Waals surface area contributed by atoms with E-state index in [1.165, 1.54) is 48.6 Å². The first-order chi connectivity index (χ1) is 15.5. The molecule has 1 aromatic carbocycles. The molecule has 0 radical (unpaired) electrons. The van der Waals surface area contributed by atoms with Gasteiger partial charge in [0.1, 0.15) is 6.10 Å². The number of esters is 1. The normalized spacial score (nSPS) is 32.6. The molecule has 32 heavy (non-hydrogen) atoms. The van der Waals surface area contributed by atoms with Gasteiger partial charge in [-0.3, -0.25) is 4.79 Å². The van der Waals surface area contributed by atoms with Crippen LogP contribution in [0.3, 0.4) is 0 Å². The van der Waals surface area contributed by atoms with Crippen molar-refractivity contribution in [3.05, 3.63) is 36.0 Å². The van der Waals surface area contributed by atoms with Gasteiger partial charge < -0.3 is 24.2 Å². The summed E-state index contributed by atoms with van der Waals surface area (Å²) in [5, 5.41) is 12.8. The quantitative estimate of drug-likeness (QED) is 0.567. The first kappa shape index (κ1) is 20.5. The maximum atomic E-state index is 12.7. The number of thiocarbonyl (C=S) groups is 1. The number of carbonyl (C=O) groups is 1. The van der Waals surface area contributed by atoms with E-state index in [0.717, 1.165) is 11.7 Å². The molecule has 5 atom stereocenters. The fourth-order valence-corrected chi connectivity index (χ4v) is 7.12. The topological polar surface area (TPSA) is 57.9 Å². The van der Waals surface area contributed by atoms with Crippen molar-refractivity contribution in [1.82, 2.24) is 14.4 Å². The van der Waals surface area contributed by atoms with Gasteiger partial charge in [-0.15, -0.1) is 0 Å². The van der Waals surface area contributed by atoms with Gasteiger partial charge >= 0.3 is 5.97 Å². The molecule has 2 saturated carbocycles. The zero-order valence-corrected chi connectivity index (χ0v) is 19.3. The van der Waals surface area contributed by atoms with Gasteiger partial charge in [0.2, 0.25) is 0 Å². The Morgan fingerprint density at radius 1 is 1.12 bits per heavy atom. The molecule has 7 rings (SSSR count). The summed E-state index contributed by atoms with van der Waals surface area (Å²) in [7, 11) is 2.07. The van der Waals surface area contributed by atoms with Crippen LogP contribution >= 0.6 is 12.2 Å². The average molecular weight is 454 g/mol. The fourth-order valence-electron chi connectivity index (χ4n) is 6.74. The van der Waals surface area contributed by atoms with Crippen molar-refractivity contribution < 1.29 is 14.6 Å². The Morgan fingerprint density at radius 3 is 2.72 bits per heavy atom. The first-order valence-corrected chi connectivity index (χ1v) is 12.4. The molecule has 7 heteroatoms. The van der Waals surface area contributed by atoms with Gasteiger partial charge in [-0.2, -0.15) is 0 Å². The van der Waals surface area contributed by atoms with Gasteiger partial charge in [0.25, 0.3) is 0 Å². The van der Waals surface area contributed by atoms with E-state index in [0.29, 0.717) is 18.9 Å². The molecule has 1 N–H and O–H groups in total. The highest BCUT2D eigenvalue weighted by Gasteiger charge is 2.62. The van der Waals surface area contributed by atoms with Crippen LogP contribution in [-0.2, 0) is 23.1 Å². The minimum atomic E-state index is -0.619. The number of benzene rings is 1. The lowest BCUT2D eigenvalue weighted by molar-refractivity contribution is -0.199. The molecule has 5 fully saturated rings. The van der Waals surface area contributed by atoms with Crippen molar-refractivity contribution in [2.24, 2.45) is 18.9 Å². The lowest BCUT2D eigenvalue weighted by Crippen LogP contribution is -2.66. The number of rotatable bonds is 4. The third kappa shape index (κ3) is 3.08. The molecule has 2 bridgehead atoms. The summed E-state index contributed by atoms with van der Waals surface area (Å²) >= 11 is 6.08. The molecule has 6 nitrogen and oxygen atoms in total. The lowest BCUT2D eigenvalue weighted by Gasteiger charge is -2.49. The van der Waals surface area contributed by atoms with E-state index in [1.807, 2.05) is 0 Å². The van der Waals surface area contributed by atoms with Crippen molar-refractivity contribution in [2.75, 3.05) is 6.54 Å². The van der Waals surface area contributed by atoms with Gasteiger partial charge in [0.15, 0.2) is 5.11 Å². The Bertz CT molecular complexity index is 1060. The number of para-hydroxylation sites is 1. The highest BCUT2D eigenvalue weighted by molar-refractivity contribution is 7.80. The zero-order valence-electron chi connectivity index (χ0n) is 18.5. The molecule has 5 unspecified atom stereocenters. The van der Waals surface area contributed by atoms with Crippen LogP contribution in [0.2, 0.25) is 0 Å². The molecule has 5 aliphatic rings. The van der Waals surface area contributed by atoms with Crippen molar-refractivity contribution >= 4 is 34.2 Å². The van der Waals surface area contributed by atoms with Crippen molar-refractivity contribution in [1.29, 1.82) is 0 Å². The highest BCUT2D eigenvalue weighted by atomic mass is 32.1. The molecule has 2 aromatic rings. The van der Waals surface area contributed by atoms with Crippen LogP contribution in [0, 0.1) is 11.8 Å². The maximum Gasteiger partial charge on any atom is 0.311 e. The predicted molar refractivity (Wildman–Crippen MR) is 126 cm³/mol. The smallest absolute Gasteiger partial charge is 0.311 e. The number of nitrogens with zero attached hydrogens (tertiary/aromatic N) is 3. The maximum absolute atomic E-state index is 12.7. The number of fused-ring (bicyclic) bond motifs is 3. The summed E-state index contributed by atoms with van der Waals surface area (Å²) < 4.78 is 7.89. The van der Waals surface area contributed by atoms with Gasteiger partial charge in [-0.1, -0.05) is 37.5 Å². The van der Waals surface area contributed by atoms with E-state index in [1.54, 1.807) is 0 Å². The van der Waals surface area contributed by atoms with E-state index in [4.69, 9.17) is 17.0 Å². The molecule has 3 saturated heterocycles. The molecule has 0 amide bonds. The Labute approximate surface area is 194 Å². The highest BCUT2D eigenvalue weighted by Crippen LogP contribution is 2.45. The number of aliphatic hydroxyl groups excluding tert-OH is 1. The minimum Gasteiger partial charge on any atom is -0.457 e. The molecule has 1 aromatic heterocycles. The molecule has 3 aliphatic heterocycles. The van der Waals surface area contributed by atoms with Gasteiger partial charge in [-0.25, -0.2) is 0 Å². The van der Waals surface area contributed by atoms with Crippen LogP contribution in [-0.4, -0.2) is 61.4 Å². The van der Waals surface area contributed by atoms with E-state index in [2.05, 4.69) is 51.9 Å². The Hall–Kier alpha value is -2.12. The summed E-state index contributed by atoms with van der Waals surface area (Å²) in [5.41, 5.74) is 2.41. The number of aliphatic hydroxyl groups is 1. The Balaban J connectivity index is 1.36. The third-order valence-electron chi connectivity index (χ3n) is 8.24. The van der Waals surface area contributed by atoms with Crippen molar-refractivity contribution in [2.45, 2.75) is 69.4 Å². The summed E-state index contributed by atoms with van der Waals surface area (Å²) in [6.45, 7) is 1.58. The number of aromatic nitrogens is 1. The summed E-state index contributed by atoms with van der Waals surface area (Å²) in [6, 6.07) is 8.34. The largest absolute Gasteiger partial charge is 0.457 e. The molecule has 0 spiro atoms. The van der Waals surface area contributed by atoms with Crippen molar-refractivity contribution in [3.63, 3.8) is 0 Å². The van der Waals surface area contributed by atoms with E-state index in [-0.39, 0.29) is 24.0 Å². The molecular weight excluding hydrogens is 422 g/mol. The monoisotopic (exact) mass is 453 g/mol. The summed E-state index contributed by atoms with van der Waals surface area (Å²) in [4.78, 5) is 17.3. The van der Waals surface area contributed by atoms with Gasteiger partial charge in [0, 0.05) is 37.2 Å². The number of carbonyl (C=O) groups excluding carboxylic acids is 1. The van der Waals surface area contributed by atoms with Crippen LogP contribution in [0.1, 0.15) is 44.1 Å². The van der Waals surface area contributed by atoms with Crippen LogP contribution in [0.4, 0.5) is 0 Å². The van der Waals surface area contributed by atoms with Crippen LogP contribution < -0.4 is 0 Å². The Kier molecular flexibility index (Phi) is 4.95. The van der Waals surface area contributed by atoms with Crippen molar-refractivity contribution in [3.8, 4) is 0 Å². The average Bonchev–Trinajstić information content (AvgIpc) is 3.26. The molecule has 2 aliphatic carbocycles. The Morgan fingerprint density at radius 2 is 1.91 bits per heavy atom. The number of aryl methyl sites for hydroxylation is 1. The summed E-state index contributed by atoms with van der Waals surface area (Å²) in [5.74, 6) is 0.158. The summed E-state index contributed by atoms with van der Waals surface area (Å²) in [6.07, 6.45) is 7.89. The second-order valence-corrected chi connectivity index (χ2v) is 10.5. The van der Waals surface area contributed by atoms with E-state index >= 15 is 0 Å². The standard InChI is InChI=1S/C25H31N3O3S/c1-26-13-16(17-9-5-6-10-19(17)26)14-28-22-21(18-11-20(29)23(22)31-24(18)30)27(25(28)32)12-15-7-3-2-4-8-15/h5-6,9-10,13,15,18,20-23,29H,2-4,7-8,11-12,14H2,1H3. The third-order valence-corrected chi connectivity index (χ3v) is 8.71. The number of hydrogen-bond donors (Lipinski definition) is 1. The molecule has 4 heterocycles. The minimum absolute atomic E-state index is 0.00838. The molecule has 170 valence electrons. The second kappa shape index (κ2) is 7.73. The van der Waals surface area contributed by atoms with E-state index < -0.39 is 12.2 Å². The van der Waals surface area contributed by atoms with Gasteiger partial charge in [-0.05, 0) is 49.0 Å².